The van der Waals surface area contributed by atoms with Gasteiger partial charge in [-0.15, -0.1) is 4.52 Å². The monoisotopic (exact) mass is 405 g/mol. The van der Waals surface area contributed by atoms with Gasteiger partial charge in [-0.2, -0.15) is 18.3 Å². The predicted octanol–water partition coefficient (Wildman–Crippen LogP) is 3.26. The molecular weight excluding hydrogens is 395 g/mol. The van der Waals surface area contributed by atoms with Crippen LogP contribution in [0.5, 0.6) is 0 Å². The first kappa shape index (κ1) is 18.2. The first-order chi connectivity index (χ1) is 13.4. The standard InChI is InChI=1S/C18H11ClF3N5O/c19-14-6-4-11(9-23-14)8-13-2-1-3-16-27(13)26-17(28-16)25-15-7-5-12(10-24-15)18(20,21)22/h1-7,9-10H,8H2. The molecule has 0 bridgehead atoms. The van der Waals surface area contributed by atoms with Gasteiger partial charge in [0.15, 0.2) is 5.68 Å². The molecule has 0 unspecified atom stereocenters. The third-order valence-corrected chi connectivity index (χ3v) is 4.07. The van der Waals surface area contributed by atoms with Crippen molar-refractivity contribution in [1.29, 1.82) is 0 Å². The Morgan fingerprint density at radius 1 is 1.07 bits per heavy atom. The molecule has 0 amide bonds. The third kappa shape index (κ3) is 3.89. The molecule has 4 aromatic heterocycles. The minimum absolute atomic E-state index is 0.0195. The minimum atomic E-state index is -4.45. The van der Waals surface area contributed by atoms with Crippen molar-refractivity contribution >= 4 is 23.1 Å². The average molecular weight is 406 g/mol. The zero-order chi connectivity index (χ0) is 19.7. The summed E-state index contributed by atoms with van der Waals surface area (Å²) in [5.74, 6) is 0.0589. The number of hydrogen-bond donors (Lipinski definition) is 0. The van der Waals surface area contributed by atoms with Gasteiger partial charge >= 0.3 is 11.9 Å². The molecule has 0 radical (unpaired) electrons. The maximum Gasteiger partial charge on any atom is 0.417 e. The third-order valence-electron chi connectivity index (χ3n) is 3.85. The van der Waals surface area contributed by atoms with Crippen LogP contribution in [0.15, 0.2) is 64.3 Å². The van der Waals surface area contributed by atoms with Crippen molar-refractivity contribution in [3.05, 3.63) is 82.5 Å². The molecular formula is C18H11ClF3N5O. The van der Waals surface area contributed by atoms with Crippen molar-refractivity contribution in [2.45, 2.75) is 12.6 Å². The molecule has 10 heteroatoms. The van der Waals surface area contributed by atoms with E-state index in [1.807, 2.05) is 12.1 Å². The van der Waals surface area contributed by atoms with Gasteiger partial charge in [-0.05, 0) is 29.8 Å². The van der Waals surface area contributed by atoms with Crippen molar-refractivity contribution in [3.8, 4) is 0 Å². The quantitative estimate of drug-likeness (QED) is 0.387. The molecule has 6 nitrogen and oxygen atoms in total. The fourth-order valence-corrected chi connectivity index (χ4v) is 2.64. The van der Waals surface area contributed by atoms with Crippen LogP contribution in [0.4, 0.5) is 19.0 Å². The normalized spacial score (nSPS) is 12.6. The highest BCUT2D eigenvalue weighted by Gasteiger charge is 2.30. The molecule has 0 saturated carbocycles. The Morgan fingerprint density at radius 2 is 1.93 bits per heavy atom. The predicted molar refractivity (Wildman–Crippen MR) is 91.7 cm³/mol. The van der Waals surface area contributed by atoms with Gasteiger partial charge in [-0.1, -0.05) is 17.7 Å². The Morgan fingerprint density at radius 3 is 2.61 bits per heavy atom. The van der Waals surface area contributed by atoms with Crippen LogP contribution >= 0.6 is 11.6 Å². The van der Waals surface area contributed by atoms with E-state index in [9.17, 15) is 13.2 Å². The summed E-state index contributed by atoms with van der Waals surface area (Å²) in [4.78, 5) is 11.8. The Bertz CT molecular complexity index is 1180. The van der Waals surface area contributed by atoms with Gasteiger partial charge in [-0.25, -0.2) is 4.98 Å². The number of pyridine rings is 3. The molecule has 4 aromatic rings. The number of aromatic nitrogens is 4. The molecule has 0 atom stereocenters. The van der Waals surface area contributed by atoms with Crippen LogP contribution in [0.3, 0.4) is 0 Å². The Hall–Kier alpha value is -3.20. The van der Waals surface area contributed by atoms with E-state index in [1.54, 1.807) is 28.9 Å². The van der Waals surface area contributed by atoms with Crippen LogP contribution in [-0.2, 0) is 12.6 Å². The van der Waals surface area contributed by atoms with Crippen LogP contribution in [0, 0.1) is 0 Å². The minimum Gasteiger partial charge on any atom is -0.407 e. The summed E-state index contributed by atoms with van der Waals surface area (Å²) in [6, 6.07) is 11.0. The fourth-order valence-electron chi connectivity index (χ4n) is 2.53. The van der Waals surface area contributed by atoms with Gasteiger partial charge in [0, 0.05) is 18.5 Å². The summed E-state index contributed by atoms with van der Waals surface area (Å²) in [5, 5.41) is 4.67. The Kier molecular flexibility index (Phi) is 4.60. The molecule has 0 saturated heterocycles. The topological polar surface area (TPSA) is 69.5 Å². The molecule has 0 N–H and O–H groups in total. The summed E-state index contributed by atoms with van der Waals surface area (Å²) in [7, 11) is 0. The van der Waals surface area contributed by atoms with Crippen LogP contribution in [-0.4, -0.2) is 9.97 Å². The summed E-state index contributed by atoms with van der Waals surface area (Å²) in [6.45, 7) is 0. The van der Waals surface area contributed by atoms with E-state index in [1.165, 1.54) is 0 Å². The number of nitrogens with zero attached hydrogens (tertiary/aromatic N) is 5. The molecule has 0 fully saturated rings. The van der Waals surface area contributed by atoms with E-state index in [2.05, 4.69) is 20.1 Å². The van der Waals surface area contributed by atoms with E-state index in [0.29, 0.717) is 23.5 Å². The Labute approximate surface area is 161 Å². The van der Waals surface area contributed by atoms with Gasteiger partial charge in [0.25, 0.3) is 0 Å². The van der Waals surface area contributed by atoms with Gasteiger partial charge < -0.3 is 9.41 Å². The van der Waals surface area contributed by atoms with Gasteiger partial charge in [0.05, 0.1) is 23.9 Å². The van der Waals surface area contributed by atoms with Crippen molar-refractivity contribution in [2.75, 3.05) is 0 Å². The van der Waals surface area contributed by atoms with E-state index in [-0.39, 0.29) is 11.5 Å². The molecule has 4 heterocycles. The number of rotatable bonds is 3. The van der Waals surface area contributed by atoms with Crippen LogP contribution in [0.1, 0.15) is 16.8 Å². The lowest BCUT2D eigenvalue weighted by molar-refractivity contribution is -0.594. The molecule has 0 aromatic carbocycles. The number of fused-ring (bicyclic) bond motifs is 1. The van der Waals surface area contributed by atoms with Gasteiger partial charge in [0.1, 0.15) is 5.15 Å². The number of halogens is 4. The van der Waals surface area contributed by atoms with Crippen molar-refractivity contribution in [1.82, 2.24) is 15.1 Å². The lowest BCUT2D eigenvalue weighted by atomic mass is 10.1. The highest BCUT2D eigenvalue weighted by Crippen LogP contribution is 2.29. The SMILES string of the molecule is FC(F)(F)c1ccc(N=c2[n-][n+]3c(Cc4ccc(Cl)nc4)cccc3o2)nc1. The highest BCUT2D eigenvalue weighted by atomic mass is 35.5. The lowest BCUT2D eigenvalue weighted by Crippen LogP contribution is -2.34. The van der Waals surface area contributed by atoms with Crippen molar-refractivity contribution < 1.29 is 22.1 Å². The lowest BCUT2D eigenvalue weighted by Gasteiger charge is -2.06. The van der Waals surface area contributed by atoms with Crippen LogP contribution < -0.4 is 15.3 Å². The summed E-state index contributed by atoms with van der Waals surface area (Å²) in [5.41, 5.74) is 1.30. The maximum absolute atomic E-state index is 12.6. The molecule has 0 aliphatic heterocycles. The zero-order valence-electron chi connectivity index (χ0n) is 14.1. The zero-order valence-corrected chi connectivity index (χ0v) is 14.8. The molecule has 0 spiro atoms. The van der Waals surface area contributed by atoms with E-state index in [0.717, 1.165) is 23.4 Å². The van der Waals surface area contributed by atoms with Crippen LogP contribution in [0.25, 0.3) is 5.71 Å². The van der Waals surface area contributed by atoms with E-state index in [4.69, 9.17) is 16.0 Å². The first-order valence-corrected chi connectivity index (χ1v) is 8.42. The summed E-state index contributed by atoms with van der Waals surface area (Å²) in [6.07, 6.45) is -1.55. The molecule has 4 rings (SSSR count). The van der Waals surface area contributed by atoms with Crippen LogP contribution in [0.2, 0.25) is 5.15 Å². The summed E-state index contributed by atoms with van der Waals surface area (Å²) < 4.78 is 45.0. The van der Waals surface area contributed by atoms with Gasteiger partial charge in [-0.3, -0.25) is 4.98 Å². The molecule has 0 aliphatic carbocycles. The van der Waals surface area contributed by atoms with E-state index >= 15 is 0 Å². The smallest absolute Gasteiger partial charge is 0.407 e. The molecule has 142 valence electrons. The van der Waals surface area contributed by atoms with Crippen molar-refractivity contribution in [2.24, 2.45) is 4.99 Å². The second-order valence-electron chi connectivity index (χ2n) is 5.83. The van der Waals surface area contributed by atoms with E-state index < -0.39 is 11.7 Å². The summed E-state index contributed by atoms with van der Waals surface area (Å²) >= 11 is 5.80. The average Bonchev–Trinajstić information content (AvgIpc) is 3.07. The second-order valence-corrected chi connectivity index (χ2v) is 6.22. The fraction of sp³-hybridized carbons (Fsp3) is 0.111. The second kappa shape index (κ2) is 7.08. The van der Waals surface area contributed by atoms with Crippen molar-refractivity contribution in [3.63, 3.8) is 0 Å². The number of hydrogen-bond acceptors (Lipinski definition) is 4. The first-order valence-electron chi connectivity index (χ1n) is 8.05. The van der Waals surface area contributed by atoms with Gasteiger partial charge in [0.2, 0.25) is 5.69 Å². The molecule has 0 aliphatic rings. The largest absolute Gasteiger partial charge is 0.417 e. The molecule has 28 heavy (non-hydrogen) atoms. The maximum atomic E-state index is 12.6. The Balaban J connectivity index is 1.68. The number of alkyl halides is 3. The highest BCUT2D eigenvalue weighted by molar-refractivity contribution is 6.29.